The Labute approximate surface area is 162 Å². The van der Waals surface area contributed by atoms with Crippen LogP contribution >= 0.6 is 0 Å². The van der Waals surface area contributed by atoms with Crippen molar-refractivity contribution in [2.24, 2.45) is 5.92 Å². The summed E-state index contributed by atoms with van der Waals surface area (Å²) in [6, 6.07) is 18.6. The summed E-state index contributed by atoms with van der Waals surface area (Å²) in [5.74, 6) is 1.19. The van der Waals surface area contributed by atoms with E-state index in [1.807, 2.05) is 12.1 Å². The van der Waals surface area contributed by atoms with Crippen molar-refractivity contribution in [3.05, 3.63) is 65.7 Å². The number of nitrogens with one attached hydrogen (secondary N) is 1. The number of aryl methyl sites for hydroxylation is 1. The number of piperidine rings is 1. The molecule has 0 aliphatic carbocycles. The van der Waals surface area contributed by atoms with Crippen LogP contribution in [-0.4, -0.2) is 24.7 Å². The van der Waals surface area contributed by atoms with Gasteiger partial charge < -0.3 is 27.0 Å². The van der Waals surface area contributed by atoms with Crippen molar-refractivity contribution in [3.63, 3.8) is 0 Å². The number of phenolic OH excluding ortho intramolecular Hbond substituents is 1. The molecule has 0 amide bonds. The highest BCUT2D eigenvalue weighted by Gasteiger charge is 2.21. The van der Waals surface area contributed by atoms with Crippen molar-refractivity contribution in [1.29, 1.82) is 0 Å². The molecule has 2 N–H and O–H groups in total. The van der Waals surface area contributed by atoms with Gasteiger partial charge in [-0.1, -0.05) is 42.5 Å². The van der Waals surface area contributed by atoms with Gasteiger partial charge in [-0.15, -0.1) is 0 Å². The van der Waals surface area contributed by atoms with Gasteiger partial charge in [-0.3, -0.25) is 0 Å². The minimum Gasteiger partial charge on any atom is -1.00 e. The SMILES string of the molecule is Oc1ccc(CC2CC[NH+](CCCCc3ccccc3)CC2)cc1.[Br-]. The van der Waals surface area contributed by atoms with Crippen molar-refractivity contribution in [1.82, 2.24) is 0 Å². The Morgan fingerprint density at radius 2 is 1.52 bits per heavy atom. The zero-order valence-corrected chi connectivity index (χ0v) is 16.5. The molecule has 0 bridgehead atoms. The lowest BCUT2D eigenvalue weighted by molar-refractivity contribution is -0.906. The van der Waals surface area contributed by atoms with Crippen LogP contribution in [0.1, 0.15) is 36.8 Å². The summed E-state index contributed by atoms with van der Waals surface area (Å²) in [4.78, 5) is 1.80. The van der Waals surface area contributed by atoms with E-state index in [-0.39, 0.29) is 17.0 Å². The van der Waals surface area contributed by atoms with Gasteiger partial charge in [0.2, 0.25) is 0 Å². The third-order valence-electron chi connectivity index (χ3n) is 5.36. The molecule has 0 saturated carbocycles. The molecule has 25 heavy (non-hydrogen) atoms. The van der Waals surface area contributed by atoms with E-state index in [0.717, 1.165) is 5.92 Å². The first-order valence-corrected chi connectivity index (χ1v) is 9.45. The summed E-state index contributed by atoms with van der Waals surface area (Å²) in [7, 11) is 0. The quantitative estimate of drug-likeness (QED) is 0.636. The number of hydrogen-bond donors (Lipinski definition) is 2. The molecule has 1 fully saturated rings. The van der Waals surface area contributed by atoms with E-state index in [2.05, 4.69) is 42.5 Å². The summed E-state index contributed by atoms with van der Waals surface area (Å²) in [5.41, 5.74) is 2.84. The summed E-state index contributed by atoms with van der Waals surface area (Å²) in [5, 5.41) is 9.37. The third-order valence-corrected chi connectivity index (χ3v) is 5.36. The molecular weight excluding hydrogens is 374 g/mol. The first-order chi connectivity index (χ1) is 11.8. The lowest BCUT2D eigenvalue weighted by atomic mass is 9.90. The molecule has 2 nitrogen and oxygen atoms in total. The smallest absolute Gasteiger partial charge is 0.115 e. The Morgan fingerprint density at radius 1 is 0.840 bits per heavy atom. The summed E-state index contributed by atoms with van der Waals surface area (Å²) in [6.07, 6.45) is 7.72. The molecule has 136 valence electrons. The van der Waals surface area contributed by atoms with Crippen LogP contribution in [0.5, 0.6) is 5.75 Å². The van der Waals surface area contributed by atoms with Crippen molar-refractivity contribution in [2.45, 2.75) is 38.5 Å². The molecule has 3 rings (SSSR count). The maximum atomic E-state index is 9.37. The van der Waals surface area contributed by atoms with Gasteiger partial charge in [0.25, 0.3) is 0 Å². The van der Waals surface area contributed by atoms with Gasteiger partial charge in [0.15, 0.2) is 0 Å². The second-order valence-corrected chi connectivity index (χ2v) is 7.26. The number of unbranched alkanes of at least 4 members (excludes halogenated alkanes) is 1. The monoisotopic (exact) mass is 403 g/mol. The van der Waals surface area contributed by atoms with Gasteiger partial charge in [0.1, 0.15) is 5.75 Å². The zero-order valence-electron chi connectivity index (χ0n) is 15.0. The maximum absolute atomic E-state index is 9.37. The van der Waals surface area contributed by atoms with Crippen molar-refractivity contribution in [3.8, 4) is 5.75 Å². The molecule has 1 aliphatic heterocycles. The fraction of sp³-hybridized carbons (Fsp3) is 0.455. The predicted octanol–water partition coefficient (Wildman–Crippen LogP) is 0.257. The Balaban J connectivity index is 0.00000225. The first-order valence-electron chi connectivity index (χ1n) is 9.45. The van der Waals surface area contributed by atoms with E-state index in [4.69, 9.17) is 0 Å². The fourth-order valence-electron chi connectivity index (χ4n) is 3.85. The van der Waals surface area contributed by atoms with Gasteiger partial charge >= 0.3 is 0 Å². The van der Waals surface area contributed by atoms with Crippen molar-refractivity contribution in [2.75, 3.05) is 19.6 Å². The van der Waals surface area contributed by atoms with Crippen molar-refractivity contribution < 1.29 is 27.0 Å². The van der Waals surface area contributed by atoms with Gasteiger partial charge in [-0.2, -0.15) is 0 Å². The molecule has 0 spiro atoms. The van der Waals surface area contributed by atoms with Crippen molar-refractivity contribution >= 4 is 0 Å². The van der Waals surface area contributed by atoms with E-state index in [0.29, 0.717) is 5.75 Å². The van der Waals surface area contributed by atoms with Gasteiger partial charge in [-0.25, -0.2) is 0 Å². The minimum atomic E-state index is 0. The average Bonchev–Trinajstić information content (AvgIpc) is 2.63. The van der Waals surface area contributed by atoms with Crippen LogP contribution < -0.4 is 21.9 Å². The number of likely N-dealkylation sites (tertiary alicyclic amines) is 1. The minimum absolute atomic E-state index is 0. The lowest BCUT2D eigenvalue weighted by Gasteiger charge is -2.29. The fourth-order valence-corrected chi connectivity index (χ4v) is 3.85. The average molecular weight is 404 g/mol. The van der Waals surface area contributed by atoms with Crippen LogP contribution in [-0.2, 0) is 12.8 Å². The number of hydrogen-bond acceptors (Lipinski definition) is 1. The summed E-state index contributed by atoms with van der Waals surface area (Å²) < 4.78 is 0. The second kappa shape index (κ2) is 10.6. The Hall–Kier alpha value is -1.32. The summed E-state index contributed by atoms with van der Waals surface area (Å²) in [6.45, 7) is 3.99. The number of aromatic hydroxyl groups is 1. The topological polar surface area (TPSA) is 24.7 Å². The van der Waals surface area contributed by atoms with Crippen LogP contribution in [0.25, 0.3) is 0 Å². The van der Waals surface area contributed by atoms with Gasteiger partial charge in [-0.05, 0) is 67.7 Å². The Kier molecular flexibility index (Phi) is 8.50. The molecule has 3 heteroatoms. The highest BCUT2D eigenvalue weighted by molar-refractivity contribution is 5.26. The van der Waals surface area contributed by atoms with Crippen LogP contribution in [0, 0.1) is 5.92 Å². The van der Waals surface area contributed by atoms with E-state index in [1.54, 1.807) is 4.90 Å². The van der Waals surface area contributed by atoms with Crippen LogP contribution in [0.3, 0.4) is 0 Å². The molecule has 1 heterocycles. The number of phenols is 1. The Morgan fingerprint density at radius 3 is 2.20 bits per heavy atom. The largest absolute Gasteiger partial charge is 1.00 e. The number of benzene rings is 2. The molecule has 0 unspecified atom stereocenters. The standard InChI is InChI=1S/C22H29NO.BrH/c24-22-11-9-20(10-12-22)18-21-13-16-23(17-14-21)15-5-4-8-19-6-2-1-3-7-19;/h1-3,6-7,9-12,21,24H,4-5,8,13-18H2;1H. The molecule has 0 radical (unpaired) electrons. The molecule has 0 aromatic heterocycles. The van der Waals surface area contributed by atoms with E-state index >= 15 is 0 Å². The number of rotatable bonds is 7. The molecule has 0 atom stereocenters. The lowest BCUT2D eigenvalue weighted by Crippen LogP contribution is -3.13. The highest BCUT2D eigenvalue weighted by atomic mass is 79.9. The first kappa shape index (κ1) is 20.0. The van der Waals surface area contributed by atoms with Crippen LogP contribution in [0.15, 0.2) is 54.6 Å². The van der Waals surface area contributed by atoms with E-state index in [1.165, 1.54) is 69.3 Å². The molecular formula is C22H30BrNO. The normalized spacial score (nSPS) is 20.0. The third kappa shape index (κ3) is 6.83. The number of halogens is 1. The van der Waals surface area contributed by atoms with E-state index in [9.17, 15) is 5.11 Å². The molecule has 1 aliphatic rings. The predicted molar refractivity (Wildman–Crippen MR) is 99.5 cm³/mol. The van der Waals surface area contributed by atoms with Gasteiger partial charge in [0.05, 0.1) is 19.6 Å². The van der Waals surface area contributed by atoms with E-state index < -0.39 is 0 Å². The van der Waals surface area contributed by atoms with Crippen LogP contribution in [0.4, 0.5) is 0 Å². The molecule has 1 saturated heterocycles. The maximum Gasteiger partial charge on any atom is 0.115 e. The summed E-state index contributed by atoms with van der Waals surface area (Å²) >= 11 is 0. The highest BCUT2D eigenvalue weighted by Crippen LogP contribution is 2.18. The zero-order chi connectivity index (χ0) is 16.6. The molecule has 2 aromatic rings. The Bertz CT molecular complexity index is 591. The number of quaternary nitrogens is 1. The van der Waals surface area contributed by atoms with Gasteiger partial charge in [0, 0.05) is 0 Å². The second-order valence-electron chi connectivity index (χ2n) is 7.26. The molecule has 2 aromatic carbocycles. The van der Waals surface area contributed by atoms with Crippen LogP contribution in [0.2, 0.25) is 0 Å².